The van der Waals surface area contributed by atoms with Crippen LogP contribution in [0.15, 0.2) is 16.7 Å². The van der Waals surface area contributed by atoms with Gasteiger partial charge in [-0.15, -0.1) is 0 Å². The number of aromatic nitrogens is 1. The SMILES string of the molecule is CCn1cc(Br)cc1C(=O)NC1(CO)CCC(C)CC1. The molecule has 1 aromatic rings. The van der Waals surface area contributed by atoms with Gasteiger partial charge >= 0.3 is 0 Å². The molecule has 0 saturated heterocycles. The second-order valence-corrected chi connectivity index (χ2v) is 6.82. The van der Waals surface area contributed by atoms with Crippen LogP contribution in [0.1, 0.15) is 50.0 Å². The van der Waals surface area contributed by atoms with Crippen molar-refractivity contribution in [1.29, 1.82) is 0 Å². The summed E-state index contributed by atoms with van der Waals surface area (Å²) in [4.78, 5) is 12.5. The quantitative estimate of drug-likeness (QED) is 0.883. The third kappa shape index (κ3) is 3.26. The first-order valence-corrected chi connectivity index (χ1v) is 8.08. The highest BCUT2D eigenvalue weighted by molar-refractivity contribution is 9.10. The van der Waals surface area contributed by atoms with Crippen molar-refractivity contribution in [3.05, 3.63) is 22.4 Å². The maximum absolute atomic E-state index is 12.5. The summed E-state index contributed by atoms with van der Waals surface area (Å²) in [5.74, 6) is 0.585. The Bertz CT molecular complexity index is 476. The molecular formula is C15H23BrN2O2. The smallest absolute Gasteiger partial charge is 0.268 e. The molecule has 1 amide bonds. The number of carbonyl (C=O) groups is 1. The van der Waals surface area contributed by atoms with Crippen molar-refractivity contribution in [2.24, 2.45) is 5.92 Å². The Labute approximate surface area is 128 Å². The summed E-state index contributed by atoms with van der Waals surface area (Å²) in [6, 6.07) is 1.83. The highest BCUT2D eigenvalue weighted by Crippen LogP contribution is 2.32. The van der Waals surface area contributed by atoms with Crippen LogP contribution in [0.25, 0.3) is 0 Å². The van der Waals surface area contributed by atoms with E-state index in [-0.39, 0.29) is 12.5 Å². The van der Waals surface area contributed by atoms with Crippen LogP contribution in [-0.2, 0) is 6.54 Å². The van der Waals surface area contributed by atoms with E-state index in [1.54, 1.807) is 0 Å². The first-order chi connectivity index (χ1) is 9.49. The van der Waals surface area contributed by atoms with Gasteiger partial charge in [-0.3, -0.25) is 4.79 Å². The predicted molar refractivity (Wildman–Crippen MR) is 82.7 cm³/mol. The second kappa shape index (κ2) is 6.31. The van der Waals surface area contributed by atoms with Gasteiger partial charge in [-0.25, -0.2) is 0 Å². The molecule has 0 unspecified atom stereocenters. The van der Waals surface area contributed by atoms with Gasteiger partial charge in [0.25, 0.3) is 5.91 Å². The average molecular weight is 343 g/mol. The van der Waals surface area contributed by atoms with Gasteiger partial charge in [-0.1, -0.05) is 6.92 Å². The summed E-state index contributed by atoms with van der Waals surface area (Å²) in [7, 11) is 0. The third-order valence-electron chi connectivity index (χ3n) is 4.35. The summed E-state index contributed by atoms with van der Waals surface area (Å²) in [5.41, 5.74) is 0.199. The fourth-order valence-corrected chi connectivity index (χ4v) is 3.33. The minimum atomic E-state index is -0.446. The van der Waals surface area contributed by atoms with E-state index in [9.17, 15) is 9.90 Å². The van der Waals surface area contributed by atoms with Crippen molar-refractivity contribution in [3.8, 4) is 0 Å². The molecule has 0 bridgehead atoms. The van der Waals surface area contributed by atoms with Gasteiger partial charge in [0.15, 0.2) is 0 Å². The molecule has 5 heteroatoms. The van der Waals surface area contributed by atoms with Crippen LogP contribution < -0.4 is 5.32 Å². The van der Waals surface area contributed by atoms with Crippen molar-refractivity contribution in [2.45, 2.75) is 51.6 Å². The molecule has 112 valence electrons. The van der Waals surface area contributed by atoms with Gasteiger partial charge in [0.1, 0.15) is 5.69 Å². The Hall–Kier alpha value is -0.810. The molecule has 4 nitrogen and oxygen atoms in total. The predicted octanol–water partition coefficient (Wildman–Crippen LogP) is 2.94. The molecule has 0 spiro atoms. The summed E-state index contributed by atoms with van der Waals surface area (Å²) in [6.45, 7) is 4.99. The standard InChI is InChI=1S/C15H23BrN2O2/c1-3-18-9-12(16)8-13(18)14(20)17-15(10-19)6-4-11(2)5-7-15/h8-9,11,19H,3-7,10H2,1-2H3,(H,17,20). The Morgan fingerprint density at radius 3 is 2.75 bits per heavy atom. The van der Waals surface area contributed by atoms with Crippen molar-refractivity contribution >= 4 is 21.8 Å². The molecule has 1 aliphatic rings. The number of nitrogens with one attached hydrogen (secondary N) is 1. The molecule has 1 heterocycles. The van der Waals surface area contributed by atoms with Crippen molar-refractivity contribution < 1.29 is 9.90 Å². The zero-order valence-electron chi connectivity index (χ0n) is 12.2. The molecule has 1 aromatic heterocycles. The van der Waals surface area contributed by atoms with E-state index in [1.807, 2.05) is 23.8 Å². The number of halogens is 1. The van der Waals surface area contributed by atoms with Gasteiger partial charge in [-0.05, 0) is 60.5 Å². The lowest BCUT2D eigenvalue weighted by atomic mass is 9.77. The molecule has 0 aliphatic heterocycles. The van der Waals surface area contributed by atoms with Crippen LogP contribution in [0.3, 0.4) is 0 Å². The van der Waals surface area contributed by atoms with Crippen LogP contribution in [0.4, 0.5) is 0 Å². The van der Waals surface area contributed by atoms with Crippen LogP contribution in [-0.4, -0.2) is 27.7 Å². The highest BCUT2D eigenvalue weighted by Gasteiger charge is 2.35. The molecule has 0 radical (unpaired) electrons. The number of rotatable bonds is 4. The Kier molecular flexibility index (Phi) is 4.91. The zero-order chi connectivity index (χ0) is 14.8. The topological polar surface area (TPSA) is 54.3 Å². The number of aliphatic hydroxyl groups excluding tert-OH is 1. The summed E-state index contributed by atoms with van der Waals surface area (Å²) in [6.07, 6.45) is 5.72. The molecule has 20 heavy (non-hydrogen) atoms. The number of aliphatic hydroxyl groups is 1. The van der Waals surface area contributed by atoms with E-state index in [4.69, 9.17) is 0 Å². The van der Waals surface area contributed by atoms with E-state index < -0.39 is 5.54 Å². The lowest BCUT2D eigenvalue weighted by molar-refractivity contribution is 0.0709. The minimum absolute atomic E-state index is 0.0134. The third-order valence-corrected chi connectivity index (χ3v) is 4.78. The first-order valence-electron chi connectivity index (χ1n) is 7.29. The maximum Gasteiger partial charge on any atom is 0.268 e. The number of hydrogen-bond donors (Lipinski definition) is 2. The molecular weight excluding hydrogens is 320 g/mol. The van der Waals surface area contributed by atoms with Crippen LogP contribution in [0.5, 0.6) is 0 Å². The maximum atomic E-state index is 12.5. The van der Waals surface area contributed by atoms with E-state index in [0.29, 0.717) is 11.6 Å². The monoisotopic (exact) mass is 342 g/mol. The Morgan fingerprint density at radius 1 is 1.55 bits per heavy atom. The summed E-state index contributed by atoms with van der Waals surface area (Å²) in [5, 5.41) is 12.8. The van der Waals surface area contributed by atoms with E-state index in [1.165, 1.54) is 0 Å². The average Bonchev–Trinajstić information content (AvgIpc) is 2.83. The van der Waals surface area contributed by atoms with Crippen LogP contribution in [0, 0.1) is 5.92 Å². The zero-order valence-corrected chi connectivity index (χ0v) is 13.7. The van der Waals surface area contributed by atoms with Gasteiger partial charge in [0, 0.05) is 17.2 Å². The van der Waals surface area contributed by atoms with Gasteiger partial charge < -0.3 is 15.0 Å². The largest absolute Gasteiger partial charge is 0.394 e. The van der Waals surface area contributed by atoms with E-state index >= 15 is 0 Å². The van der Waals surface area contributed by atoms with E-state index in [2.05, 4.69) is 28.2 Å². The van der Waals surface area contributed by atoms with Gasteiger partial charge in [-0.2, -0.15) is 0 Å². The highest BCUT2D eigenvalue weighted by atomic mass is 79.9. The Morgan fingerprint density at radius 2 is 2.20 bits per heavy atom. The van der Waals surface area contributed by atoms with Crippen LogP contribution >= 0.6 is 15.9 Å². The fourth-order valence-electron chi connectivity index (χ4n) is 2.87. The van der Waals surface area contributed by atoms with Crippen LogP contribution in [0.2, 0.25) is 0 Å². The van der Waals surface area contributed by atoms with Crippen molar-refractivity contribution in [1.82, 2.24) is 9.88 Å². The summed E-state index contributed by atoms with van der Waals surface area (Å²) >= 11 is 3.41. The minimum Gasteiger partial charge on any atom is -0.394 e. The lowest BCUT2D eigenvalue weighted by Crippen LogP contribution is -2.53. The lowest BCUT2D eigenvalue weighted by Gasteiger charge is -2.38. The van der Waals surface area contributed by atoms with Gasteiger partial charge in [0.05, 0.1) is 12.1 Å². The normalized spacial score (nSPS) is 26.5. The number of hydrogen-bond acceptors (Lipinski definition) is 2. The number of aryl methyl sites for hydroxylation is 1. The van der Waals surface area contributed by atoms with Gasteiger partial charge in [0.2, 0.25) is 0 Å². The number of nitrogens with zero attached hydrogens (tertiary/aromatic N) is 1. The van der Waals surface area contributed by atoms with E-state index in [0.717, 1.165) is 36.7 Å². The number of amides is 1. The van der Waals surface area contributed by atoms with Crippen molar-refractivity contribution in [2.75, 3.05) is 6.61 Å². The molecule has 2 N–H and O–H groups in total. The molecule has 2 rings (SSSR count). The molecule has 1 saturated carbocycles. The first kappa shape index (κ1) is 15.6. The second-order valence-electron chi connectivity index (χ2n) is 5.90. The Balaban J connectivity index is 2.13. The summed E-state index contributed by atoms with van der Waals surface area (Å²) < 4.78 is 2.82. The molecule has 0 atom stereocenters. The molecule has 1 fully saturated rings. The molecule has 0 aromatic carbocycles. The number of carbonyl (C=O) groups excluding carboxylic acids is 1. The molecule has 1 aliphatic carbocycles. The fraction of sp³-hybridized carbons (Fsp3) is 0.667. The van der Waals surface area contributed by atoms with Crippen molar-refractivity contribution in [3.63, 3.8) is 0 Å².